The van der Waals surface area contributed by atoms with Gasteiger partial charge in [-0.05, 0) is 38.8 Å². The number of esters is 1. The van der Waals surface area contributed by atoms with E-state index in [1.54, 1.807) is 24.0 Å². The summed E-state index contributed by atoms with van der Waals surface area (Å²) < 4.78 is 5.42. The Labute approximate surface area is 170 Å². The van der Waals surface area contributed by atoms with Crippen LogP contribution in [0.1, 0.15) is 35.7 Å². The second kappa shape index (κ2) is 9.37. The van der Waals surface area contributed by atoms with E-state index in [9.17, 15) is 14.4 Å². The number of anilines is 1. The van der Waals surface area contributed by atoms with E-state index in [4.69, 9.17) is 4.74 Å². The topological polar surface area (TPSA) is 75.7 Å². The van der Waals surface area contributed by atoms with Gasteiger partial charge in [-0.15, -0.1) is 0 Å². The highest BCUT2D eigenvalue weighted by Crippen LogP contribution is 2.21. The molecule has 1 atom stereocenters. The predicted molar refractivity (Wildman–Crippen MR) is 111 cm³/mol. The minimum Gasteiger partial charge on any atom is -0.454 e. The number of carbonyl (C=O) groups excluding carboxylic acids is 3. The Balaban J connectivity index is 1.47. The number of Topliss-reactive ketones (excluding diaryl/α,β-unsaturated/α-hetero) is 1. The molecule has 29 heavy (non-hydrogen) atoms. The Kier molecular flexibility index (Phi) is 6.65. The molecule has 0 bridgehead atoms. The Morgan fingerprint density at radius 2 is 1.62 bits per heavy atom. The number of urea groups is 1. The first kappa shape index (κ1) is 20.6. The zero-order valence-electron chi connectivity index (χ0n) is 16.8. The predicted octanol–water partition coefficient (Wildman–Crippen LogP) is 4.05. The number of aryl methyl sites for hydroxylation is 1. The molecule has 2 aromatic rings. The summed E-state index contributed by atoms with van der Waals surface area (Å²) in [6.07, 6.45) is 0.212. The quantitative estimate of drug-likeness (QED) is 0.613. The van der Waals surface area contributed by atoms with Crippen LogP contribution in [-0.4, -0.2) is 41.9 Å². The highest BCUT2D eigenvalue weighted by Gasteiger charge is 2.30. The van der Waals surface area contributed by atoms with Gasteiger partial charge in [-0.2, -0.15) is 0 Å². The number of nitrogens with one attached hydrogen (secondary N) is 1. The zero-order valence-corrected chi connectivity index (χ0v) is 16.8. The summed E-state index contributed by atoms with van der Waals surface area (Å²) in [5, 5.41) is 2.85. The Morgan fingerprint density at radius 3 is 2.24 bits per heavy atom. The minimum absolute atomic E-state index is 0.175. The third kappa shape index (κ3) is 5.44. The van der Waals surface area contributed by atoms with Gasteiger partial charge in [0.25, 0.3) is 0 Å². The van der Waals surface area contributed by atoms with Crippen molar-refractivity contribution in [3.8, 4) is 0 Å². The molecule has 6 nitrogen and oxygen atoms in total. The SMILES string of the molecule is Cc1ccc(C(=O)[C@H](C)OC(=O)C2CCN(C(=O)Nc3ccccc3)CC2)cc1. The summed E-state index contributed by atoms with van der Waals surface area (Å²) in [4.78, 5) is 39.0. The fourth-order valence-electron chi connectivity index (χ4n) is 3.32. The second-order valence-electron chi connectivity index (χ2n) is 7.37. The highest BCUT2D eigenvalue weighted by molar-refractivity contribution is 6.00. The van der Waals surface area contributed by atoms with Crippen molar-refractivity contribution >= 4 is 23.5 Å². The largest absolute Gasteiger partial charge is 0.454 e. The lowest BCUT2D eigenvalue weighted by molar-refractivity contribution is -0.152. The van der Waals surface area contributed by atoms with Crippen molar-refractivity contribution in [2.45, 2.75) is 32.8 Å². The maximum Gasteiger partial charge on any atom is 0.321 e. The fourth-order valence-corrected chi connectivity index (χ4v) is 3.32. The molecule has 1 N–H and O–H groups in total. The molecular formula is C23H26N2O4. The first-order chi connectivity index (χ1) is 13.9. The van der Waals surface area contributed by atoms with Crippen molar-refractivity contribution in [3.63, 3.8) is 0 Å². The monoisotopic (exact) mass is 394 g/mol. The second-order valence-corrected chi connectivity index (χ2v) is 7.37. The number of hydrogen-bond acceptors (Lipinski definition) is 4. The van der Waals surface area contributed by atoms with Gasteiger partial charge in [-0.3, -0.25) is 9.59 Å². The summed E-state index contributed by atoms with van der Waals surface area (Å²) in [6, 6.07) is 16.3. The Hall–Kier alpha value is -3.15. The van der Waals surface area contributed by atoms with Crippen LogP contribution in [0.5, 0.6) is 0 Å². The number of rotatable bonds is 5. The number of likely N-dealkylation sites (tertiary alicyclic amines) is 1. The molecule has 1 heterocycles. The smallest absolute Gasteiger partial charge is 0.321 e. The summed E-state index contributed by atoms with van der Waals surface area (Å²) in [7, 11) is 0. The number of hydrogen-bond donors (Lipinski definition) is 1. The first-order valence-electron chi connectivity index (χ1n) is 9.86. The van der Waals surface area contributed by atoms with Gasteiger partial charge < -0.3 is 15.0 Å². The first-order valence-corrected chi connectivity index (χ1v) is 9.86. The van der Waals surface area contributed by atoms with E-state index in [0.29, 0.717) is 31.5 Å². The van der Waals surface area contributed by atoms with Gasteiger partial charge in [-0.25, -0.2) is 4.79 Å². The number of para-hydroxylation sites is 1. The van der Waals surface area contributed by atoms with Gasteiger partial charge in [0, 0.05) is 24.3 Å². The third-order valence-electron chi connectivity index (χ3n) is 5.14. The van der Waals surface area contributed by atoms with Gasteiger partial charge in [0.15, 0.2) is 6.10 Å². The molecule has 6 heteroatoms. The lowest BCUT2D eigenvalue weighted by Crippen LogP contribution is -2.43. The van der Waals surface area contributed by atoms with Crippen LogP contribution in [0.25, 0.3) is 0 Å². The molecule has 2 amide bonds. The molecule has 0 unspecified atom stereocenters. The van der Waals surface area contributed by atoms with Crippen LogP contribution < -0.4 is 5.32 Å². The van der Waals surface area contributed by atoms with Crippen LogP contribution in [0.4, 0.5) is 10.5 Å². The van der Waals surface area contributed by atoms with Gasteiger partial charge in [0.1, 0.15) is 0 Å². The maximum atomic E-state index is 12.5. The molecule has 3 rings (SSSR count). The number of piperidine rings is 1. The fraction of sp³-hybridized carbons (Fsp3) is 0.348. The van der Waals surface area contributed by atoms with Crippen molar-refractivity contribution < 1.29 is 19.1 Å². The molecule has 0 spiro atoms. The van der Waals surface area contributed by atoms with E-state index in [1.807, 2.05) is 49.4 Å². The van der Waals surface area contributed by atoms with Crippen LogP contribution in [0.15, 0.2) is 54.6 Å². The molecule has 2 aromatic carbocycles. The molecule has 1 aliphatic rings. The van der Waals surface area contributed by atoms with E-state index >= 15 is 0 Å². The average Bonchev–Trinajstić information content (AvgIpc) is 2.74. The summed E-state index contributed by atoms with van der Waals surface area (Å²) in [6.45, 7) is 4.49. The highest BCUT2D eigenvalue weighted by atomic mass is 16.5. The molecule has 0 saturated carbocycles. The Bertz CT molecular complexity index is 856. The zero-order chi connectivity index (χ0) is 20.8. The van der Waals surface area contributed by atoms with Crippen molar-refractivity contribution in [3.05, 3.63) is 65.7 Å². The lowest BCUT2D eigenvalue weighted by atomic mass is 9.97. The van der Waals surface area contributed by atoms with Crippen molar-refractivity contribution in [2.24, 2.45) is 5.92 Å². The number of nitrogens with zero attached hydrogens (tertiary/aromatic N) is 1. The van der Waals surface area contributed by atoms with Crippen LogP contribution in [0, 0.1) is 12.8 Å². The molecule has 0 aliphatic carbocycles. The summed E-state index contributed by atoms with van der Waals surface area (Å²) in [5.41, 5.74) is 2.33. The molecule has 1 saturated heterocycles. The average molecular weight is 394 g/mol. The number of amides is 2. The molecule has 0 aromatic heterocycles. The van der Waals surface area contributed by atoms with Crippen LogP contribution in [-0.2, 0) is 9.53 Å². The molecule has 152 valence electrons. The van der Waals surface area contributed by atoms with E-state index in [-0.39, 0.29) is 23.7 Å². The lowest BCUT2D eigenvalue weighted by Gasteiger charge is -2.31. The minimum atomic E-state index is -0.829. The summed E-state index contributed by atoms with van der Waals surface area (Å²) in [5.74, 6) is -0.886. The Morgan fingerprint density at radius 1 is 1.00 bits per heavy atom. The number of carbonyl (C=O) groups is 3. The molecule has 0 radical (unpaired) electrons. The van der Waals surface area contributed by atoms with E-state index in [0.717, 1.165) is 11.3 Å². The molecular weight excluding hydrogens is 368 g/mol. The van der Waals surface area contributed by atoms with Crippen molar-refractivity contribution in [2.75, 3.05) is 18.4 Å². The van der Waals surface area contributed by atoms with Gasteiger partial charge in [-0.1, -0.05) is 48.0 Å². The van der Waals surface area contributed by atoms with Crippen LogP contribution in [0.3, 0.4) is 0 Å². The van der Waals surface area contributed by atoms with Gasteiger partial charge in [0.2, 0.25) is 5.78 Å². The summed E-state index contributed by atoms with van der Waals surface area (Å²) >= 11 is 0. The molecule has 1 fully saturated rings. The van der Waals surface area contributed by atoms with E-state index < -0.39 is 6.10 Å². The third-order valence-corrected chi connectivity index (χ3v) is 5.14. The van der Waals surface area contributed by atoms with Gasteiger partial charge in [0.05, 0.1) is 5.92 Å². The maximum absolute atomic E-state index is 12.5. The molecule has 1 aliphatic heterocycles. The van der Waals surface area contributed by atoms with Gasteiger partial charge >= 0.3 is 12.0 Å². The van der Waals surface area contributed by atoms with Crippen LogP contribution >= 0.6 is 0 Å². The number of ether oxygens (including phenoxy) is 1. The normalized spacial score (nSPS) is 15.4. The van der Waals surface area contributed by atoms with E-state index in [1.165, 1.54) is 0 Å². The standard InChI is InChI=1S/C23H26N2O4/c1-16-8-10-18(11-9-16)21(26)17(2)29-22(27)19-12-14-25(15-13-19)23(28)24-20-6-4-3-5-7-20/h3-11,17,19H,12-15H2,1-2H3,(H,24,28)/t17-/m0/s1. The number of ketones is 1. The number of benzene rings is 2. The van der Waals surface area contributed by atoms with Crippen molar-refractivity contribution in [1.29, 1.82) is 0 Å². The van der Waals surface area contributed by atoms with Crippen LogP contribution in [0.2, 0.25) is 0 Å². The van der Waals surface area contributed by atoms with E-state index in [2.05, 4.69) is 5.32 Å². The van der Waals surface area contributed by atoms with Crippen molar-refractivity contribution in [1.82, 2.24) is 4.90 Å².